The van der Waals surface area contributed by atoms with Crippen LogP contribution in [-0.4, -0.2) is 23.5 Å². The van der Waals surface area contributed by atoms with Crippen molar-refractivity contribution in [3.8, 4) is 17.0 Å². The predicted octanol–water partition coefficient (Wildman–Crippen LogP) is 4.21. The molecule has 0 saturated heterocycles. The van der Waals surface area contributed by atoms with E-state index >= 15 is 0 Å². The Morgan fingerprint density at radius 1 is 1.14 bits per heavy atom. The molecule has 5 rings (SSSR count). The molecule has 2 aliphatic rings. The van der Waals surface area contributed by atoms with Gasteiger partial charge in [-0.15, -0.1) is 0 Å². The molecule has 2 heterocycles. The predicted molar refractivity (Wildman–Crippen MR) is 113 cm³/mol. The SMILES string of the molecule is Cc1ccc(-c2ccc3c(c2)C[C@H](CNC(=O)C2(c4ccccc4)CC2)O3)nc1. The van der Waals surface area contributed by atoms with Gasteiger partial charge in [0, 0.05) is 18.2 Å². The Labute approximate surface area is 170 Å². The Bertz CT molecular complexity index is 1040. The smallest absolute Gasteiger partial charge is 0.230 e. The summed E-state index contributed by atoms with van der Waals surface area (Å²) >= 11 is 0. The number of fused-ring (bicyclic) bond motifs is 1. The van der Waals surface area contributed by atoms with Gasteiger partial charge in [0.05, 0.1) is 17.7 Å². The number of ether oxygens (including phenoxy) is 1. The molecule has 4 nitrogen and oxygen atoms in total. The largest absolute Gasteiger partial charge is 0.488 e. The summed E-state index contributed by atoms with van der Waals surface area (Å²) in [6, 6.07) is 20.4. The number of nitrogens with zero attached hydrogens (tertiary/aromatic N) is 1. The van der Waals surface area contributed by atoms with Crippen molar-refractivity contribution < 1.29 is 9.53 Å². The van der Waals surface area contributed by atoms with Gasteiger partial charge in [0.1, 0.15) is 11.9 Å². The lowest BCUT2D eigenvalue weighted by Crippen LogP contribution is -2.40. The van der Waals surface area contributed by atoms with Crippen molar-refractivity contribution >= 4 is 5.91 Å². The van der Waals surface area contributed by atoms with Crippen LogP contribution in [0.5, 0.6) is 5.75 Å². The normalized spacial score (nSPS) is 18.6. The summed E-state index contributed by atoms with van der Waals surface area (Å²) in [7, 11) is 0. The van der Waals surface area contributed by atoms with Crippen molar-refractivity contribution in [1.29, 1.82) is 0 Å². The van der Waals surface area contributed by atoms with E-state index < -0.39 is 0 Å². The summed E-state index contributed by atoms with van der Waals surface area (Å²) in [6.07, 6.45) is 4.50. The first-order valence-corrected chi connectivity index (χ1v) is 10.2. The Morgan fingerprint density at radius 2 is 1.97 bits per heavy atom. The quantitative estimate of drug-likeness (QED) is 0.717. The molecule has 1 aliphatic heterocycles. The summed E-state index contributed by atoms with van der Waals surface area (Å²) < 4.78 is 6.07. The number of aromatic nitrogens is 1. The van der Waals surface area contributed by atoms with Gasteiger partial charge >= 0.3 is 0 Å². The highest BCUT2D eigenvalue weighted by molar-refractivity contribution is 5.91. The van der Waals surface area contributed by atoms with Gasteiger partial charge in [0.2, 0.25) is 5.91 Å². The molecule has 29 heavy (non-hydrogen) atoms. The van der Waals surface area contributed by atoms with E-state index in [0.29, 0.717) is 6.54 Å². The minimum Gasteiger partial charge on any atom is -0.488 e. The molecule has 2 aromatic carbocycles. The number of nitrogens with one attached hydrogen (secondary N) is 1. The summed E-state index contributed by atoms with van der Waals surface area (Å²) in [5.74, 6) is 1.03. The molecule has 0 bridgehead atoms. The second-order valence-electron chi connectivity index (χ2n) is 8.15. The Kier molecular flexibility index (Phi) is 4.35. The van der Waals surface area contributed by atoms with Gasteiger partial charge < -0.3 is 10.1 Å². The zero-order chi connectivity index (χ0) is 19.8. The third-order valence-corrected chi connectivity index (χ3v) is 6.01. The van der Waals surface area contributed by atoms with Gasteiger partial charge in [0.15, 0.2) is 0 Å². The zero-order valence-electron chi connectivity index (χ0n) is 16.5. The lowest BCUT2D eigenvalue weighted by atomic mass is 9.95. The lowest BCUT2D eigenvalue weighted by Gasteiger charge is -2.18. The molecule has 1 fully saturated rings. The first-order chi connectivity index (χ1) is 14.1. The highest BCUT2D eigenvalue weighted by Crippen LogP contribution is 2.48. The molecule has 0 radical (unpaired) electrons. The van der Waals surface area contributed by atoms with Crippen molar-refractivity contribution in [3.05, 3.63) is 83.6 Å². The number of carbonyl (C=O) groups is 1. The van der Waals surface area contributed by atoms with Crippen molar-refractivity contribution in [2.24, 2.45) is 0 Å². The summed E-state index contributed by atoms with van der Waals surface area (Å²) in [6.45, 7) is 2.57. The molecule has 3 aromatic rings. The summed E-state index contributed by atoms with van der Waals surface area (Å²) in [5.41, 5.74) is 5.16. The van der Waals surface area contributed by atoms with E-state index in [2.05, 4.69) is 34.6 Å². The topological polar surface area (TPSA) is 51.2 Å². The number of hydrogen-bond donors (Lipinski definition) is 1. The fourth-order valence-corrected chi connectivity index (χ4v) is 4.14. The van der Waals surface area contributed by atoms with E-state index in [-0.39, 0.29) is 17.4 Å². The fourth-order valence-electron chi connectivity index (χ4n) is 4.14. The van der Waals surface area contributed by atoms with E-state index in [0.717, 1.165) is 47.4 Å². The highest BCUT2D eigenvalue weighted by Gasteiger charge is 2.51. The average Bonchev–Trinajstić information content (AvgIpc) is 3.47. The fraction of sp³-hybridized carbons (Fsp3) is 0.280. The molecular formula is C25H24N2O2. The van der Waals surface area contributed by atoms with E-state index in [4.69, 9.17) is 4.74 Å². The van der Waals surface area contributed by atoms with Gasteiger partial charge in [-0.05, 0) is 60.7 Å². The standard InChI is InChI=1S/C25H24N2O2/c1-17-7-9-22(26-15-17)18-8-10-23-19(13-18)14-21(29-23)16-27-24(28)25(11-12-25)20-5-3-2-4-6-20/h2-10,13,15,21H,11-12,14,16H2,1H3,(H,27,28)/t21-/m1/s1. The van der Waals surface area contributed by atoms with Crippen molar-refractivity contribution in [2.75, 3.05) is 6.54 Å². The summed E-state index contributed by atoms with van der Waals surface area (Å²) in [5, 5.41) is 3.14. The Hall–Kier alpha value is -3.14. The number of aryl methyl sites for hydroxylation is 1. The average molecular weight is 384 g/mol. The second-order valence-corrected chi connectivity index (χ2v) is 8.15. The van der Waals surface area contributed by atoms with Gasteiger partial charge in [0.25, 0.3) is 0 Å². The van der Waals surface area contributed by atoms with Crippen LogP contribution in [0, 0.1) is 6.92 Å². The molecule has 1 atom stereocenters. The van der Waals surface area contributed by atoms with Crippen molar-refractivity contribution in [2.45, 2.75) is 37.7 Å². The van der Waals surface area contributed by atoms with Crippen molar-refractivity contribution in [1.82, 2.24) is 10.3 Å². The van der Waals surface area contributed by atoms with E-state index in [1.807, 2.05) is 49.5 Å². The Balaban J connectivity index is 1.23. The minimum atomic E-state index is -0.336. The zero-order valence-corrected chi connectivity index (χ0v) is 16.5. The maximum absolute atomic E-state index is 12.8. The highest BCUT2D eigenvalue weighted by atomic mass is 16.5. The number of carbonyl (C=O) groups excluding carboxylic acids is 1. The maximum atomic E-state index is 12.8. The van der Waals surface area contributed by atoms with Crippen LogP contribution >= 0.6 is 0 Å². The monoisotopic (exact) mass is 384 g/mol. The van der Waals surface area contributed by atoms with Crippen LogP contribution < -0.4 is 10.1 Å². The van der Waals surface area contributed by atoms with Gasteiger partial charge in [-0.1, -0.05) is 36.4 Å². The molecular weight excluding hydrogens is 360 g/mol. The van der Waals surface area contributed by atoms with Gasteiger partial charge in [-0.25, -0.2) is 0 Å². The molecule has 1 saturated carbocycles. The second kappa shape index (κ2) is 7.03. The van der Waals surface area contributed by atoms with E-state index in [1.165, 1.54) is 5.56 Å². The van der Waals surface area contributed by atoms with Crippen LogP contribution in [0.1, 0.15) is 29.5 Å². The Morgan fingerprint density at radius 3 is 2.69 bits per heavy atom. The van der Waals surface area contributed by atoms with Crippen LogP contribution in [-0.2, 0) is 16.6 Å². The van der Waals surface area contributed by atoms with Gasteiger partial charge in [-0.2, -0.15) is 0 Å². The molecule has 4 heteroatoms. The van der Waals surface area contributed by atoms with E-state index in [9.17, 15) is 4.79 Å². The van der Waals surface area contributed by atoms with Crippen molar-refractivity contribution in [3.63, 3.8) is 0 Å². The first kappa shape index (κ1) is 17.9. The summed E-state index contributed by atoms with van der Waals surface area (Å²) in [4.78, 5) is 17.4. The third-order valence-electron chi connectivity index (χ3n) is 6.01. The number of pyridine rings is 1. The first-order valence-electron chi connectivity index (χ1n) is 10.2. The molecule has 0 unspecified atom stereocenters. The molecule has 146 valence electrons. The lowest BCUT2D eigenvalue weighted by molar-refractivity contribution is -0.123. The van der Waals surface area contributed by atoms with Crippen LogP contribution in [0.15, 0.2) is 66.9 Å². The van der Waals surface area contributed by atoms with Crippen LogP contribution in [0.4, 0.5) is 0 Å². The molecule has 1 N–H and O–H groups in total. The minimum absolute atomic E-state index is 0.0262. The molecule has 1 aromatic heterocycles. The number of benzene rings is 2. The number of rotatable bonds is 5. The third kappa shape index (κ3) is 3.39. The molecule has 1 amide bonds. The number of hydrogen-bond acceptors (Lipinski definition) is 3. The number of amides is 1. The maximum Gasteiger partial charge on any atom is 0.230 e. The van der Waals surface area contributed by atoms with Crippen LogP contribution in [0.25, 0.3) is 11.3 Å². The molecule has 1 aliphatic carbocycles. The van der Waals surface area contributed by atoms with Crippen LogP contribution in [0.2, 0.25) is 0 Å². The van der Waals surface area contributed by atoms with E-state index in [1.54, 1.807) is 0 Å². The van der Waals surface area contributed by atoms with Gasteiger partial charge in [-0.3, -0.25) is 9.78 Å². The molecule has 0 spiro atoms. The van der Waals surface area contributed by atoms with Crippen LogP contribution in [0.3, 0.4) is 0 Å².